The van der Waals surface area contributed by atoms with Crippen LogP contribution in [0.4, 0.5) is 5.69 Å². The van der Waals surface area contributed by atoms with Gasteiger partial charge in [-0.05, 0) is 24.3 Å². The molecule has 0 fully saturated rings. The van der Waals surface area contributed by atoms with Crippen LogP contribution in [0.2, 0.25) is 15.1 Å². The van der Waals surface area contributed by atoms with Gasteiger partial charge in [0.15, 0.2) is 0 Å². The molecule has 20 heavy (non-hydrogen) atoms. The molecule has 3 N–H and O–H groups in total. The number of carboxylic acids is 1. The molecule has 0 saturated heterocycles. The molecule has 0 atom stereocenters. The first kappa shape index (κ1) is 14.9. The molecule has 2 aromatic rings. The lowest BCUT2D eigenvalue weighted by atomic mass is 10.1. The number of carboxylic acid groups (broad SMARTS) is 1. The third-order valence-electron chi connectivity index (χ3n) is 2.60. The van der Waals surface area contributed by atoms with Gasteiger partial charge in [0.1, 0.15) is 0 Å². The number of rotatable bonds is 3. The summed E-state index contributed by atoms with van der Waals surface area (Å²) in [5, 5.41) is 9.84. The molecule has 2 rings (SSSR count). The van der Waals surface area contributed by atoms with Crippen LogP contribution in [-0.2, 0) is 11.2 Å². The van der Waals surface area contributed by atoms with E-state index in [0.29, 0.717) is 32.0 Å². The van der Waals surface area contributed by atoms with Gasteiger partial charge in [0.25, 0.3) is 0 Å². The predicted molar refractivity (Wildman–Crippen MR) is 80.5 cm³/mol. The number of hydrogen-bond acceptors (Lipinski definition) is 3. The molecule has 0 unspecified atom stereocenters. The number of nitrogen functional groups attached to an aromatic ring is 1. The standard InChI is InChI=1S/C13H9Cl3N2O2/c14-6-3-7(13(16)8(15)4-6)10-2-1-9(17)11(18-10)5-12(19)20/h1-4H,5,17H2,(H,19,20). The third-order valence-corrected chi connectivity index (χ3v) is 3.62. The summed E-state index contributed by atoms with van der Waals surface area (Å²) in [6.07, 6.45) is -0.272. The zero-order valence-corrected chi connectivity index (χ0v) is 12.3. The minimum absolute atomic E-state index is 0.266. The lowest BCUT2D eigenvalue weighted by Gasteiger charge is -2.09. The second-order valence-corrected chi connectivity index (χ2v) is 5.27. The Hall–Kier alpha value is -1.49. The number of aromatic nitrogens is 1. The molecule has 0 saturated carbocycles. The van der Waals surface area contributed by atoms with E-state index in [1.807, 2.05) is 0 Å². The zero-order valence-electron chi connectivity index (χ0n) is 10.0. The Morgan fingerprint density at radius 1 is 1.25 bits per heavy atom. The molecule has 0 amide bonds. The summed E-state index contributed by atoms with van der Waals surface area (Å²) >= 11 is 18.0. The van der Waals surface area contributed by atoms with Crippen LogP contribution in [0.1, 0.15) is 5.69 Å². The minimum atomic E-state index is -1.02. The van der Waals surface area contributed by atoms with E-state index in [0.717, 1.165) is 0 Å². The summed E-state index contributed by atoms with van der Waals surface area (Å²) < 4.78 is 0. The van der Waals surface area contributed by atoms with Crippen LogP contribution in [0.3, 0.4) is 0 Å². The topological polar surface area (TPSA) is 76.2 Å². The van der Waals surface area contributed by atoms with Crippen molar-refractivity contribution in [2.45, 2.75) is 6.42 Å². The Morgan fingerprint density at radius 2 is 1.95 bits per heavy atom. The third kappa shape index (κ3) is 3.15. The molecule has 4 nitrogen and oxygen atoms in total. The van der Waals surface area contributed by atoms with Gasteiger partial charge in [-0.3, -0.25) is 9.78 Å². The first-order valence-corrected chi connectivity index (χ1v) is 6.64. The molecule has 0 radical (unpaired) electrons. The highest BCUT2D eigenvalue weighted by Crippen LogP contribution is 2.36. The van der Waals surface area contributed by atoms with Crippen LogP contribution in [0.15, 0.2) is 24.3 Å². The van der Waals surface area contributed by atoms with Crippen molar-refractivity contribution >= 4 is 46.5 Å². The summed E-state index contributed by atoms with van der Waals surface area (Å²) in [5.41, 5.74) is 7.26. The van der Waals surface area contributed by atoms with Crippen molar-refractivity contribution in [2.24, 2.45) is 0 Å². The molecule has 1 aromatic heterocycles. The monoisotopic (exact) mass is 330 g/mol. The SMILES string of the molecule is Nc1ccc(-c2cc(Cl)cc(Cl)c2Cl)nc1CC(=O)O. The van der Waals surface area contributed by atoms with Crippen molar-refractivity contribution in [2.75, 3.05) is 5.73 Å². The normalized spacial score (nSPS) is 10.6. The summed E-state index contributed by atoms with van der Waals surface area (Å²) in [6.45, 7) is 0. The summed E-state index contributed by atoms with van der Waals surface area (Å²) in [4.78, 5) is 15.0. The molecular weight excluding hydrogens is 323 g/mol. The number of pyridine rings is 1. The van der Waals surface area contributed by atoms with Gasteiger partial charge in [-0.15, -0.1) is 0 Å². The van der Waals surface area contributed by atoms with E-state index in [1.165, 1.54) is 6.07 Å². The first-order chi connectivity index (χ1) is 9.38. The number of aliphatic carboxylic acids is 1. The summed E-state index contributed by atoms with van der Waals surface area (Å²) in [6, 6.07) is 6.34. The minimum Gasteiger partial charge on any atom is -0.481 e. The van der Waals surface area contributed by atoms with E-state index >= 15 is 0 Å². The number of halogens is 3. The quantitative estimate of drug-likeness (QED) is 0.836. The van der Waals surface area contributed by atoms with Gasteiger partial charge in [-0.2, -0.15) is 0 Å². The summed E-state index contributed by atoms with van der Waals surface area (Å²) in [7, 11) is 0. The Kier molecular flexibility index (Phi) is 4.38. The van der Waals surface area contributed by atoms with Crippen molar-refractivity contribution in [1.29, 1.82) is 0 Å². The molecule has 0 spiro atoms. The Labute approximate surface area is 130 Å². The number of benzene rings is 1. The van der Waals surface area contributed by atoms with E-state index in [2.05, 4.69) is 4.98 Å². The van der Waals surface area contributed by atoms with E-state index < -0.39 is 5.97 Å². The van der Waals surface area contributed by atoms with Gasteiger partial charge in [0, 0.05) is 10.6 Å². The number of hydrogen-bond donors (Lipinski definition) is 2. The van der Waals surface area contributed by atoms with E-state index in [4.69, 9.17) is 45.6 Å². The Morgan fingerprint density at radius 3 is 2.60 bits per heavy atom. The van der Waals surface area contributed by atoms with Crippen LogP contribution < -0.4 is 5.73 Å². The molecular formula is C13H9Cl3N2O2. The highest BCUT2D eigenvalue weighted by Gasteiger charge is 2.13. The number of nitrogens with zero attached hydrogens (tertiary/aromatic N) is 1. The lowest BCUT2D eigenvalue weighted by molar-refractivity contribution is -0.136. The van der Waals surface area contributed by atoms with E-state index in [-0.39, 0.29) is 12.1 Å². The Balaban J connectivity index is 2.56. The molecule has 0 aliphatic heterocycles. The van der Waals surface area contributed by atoms with Crippen molar-refractivity contribution in [3.05, 3.63) is 45.0 Å². The lowest BCUT2D eigenvalue weighted by Crippen LogP contribution is -2.06. The van der Waals surface area contributed by atoms with E-state index in [1.54, 1.807) is 18.2 Å². The highest BCUT2D eigenvalue weighted by molar-refractivity contribution is 6.45. The molecule has 1 heterocycles. The molecule has 0 bridgehead atoms. The van der Waals surface area contributed by atoms with Crippen molar-refractivity contribution in [3.8, 4) is 11.3 Å². The molecule has 104 valence electrons. The fourth-order valence-corrected chi connectivity index (χ4v) is 2.39. The van der Waals surface area contributed by atoms with E-state index in [9.17, 15) is 4.79 Å². The van der Waals surface area contributed by atoms with Crippen molar-refractivity contribution in [1.82, 2.24) is 4.98 Å². The zero-order chi connectivity index (χ0) is 14.9. The number of nitrogens with two attached hydrogens (primary N) is 1. The Bertz CT molecular complexity index is 690. The van der Waals surface area contributed by atoms with Gasteiger partial charge in [0.2, 0.25) is 0 Å². The van der Waals surface area contributed by atoms with Gasteiger partial charge in [-0.1, -0.05) is 34.8 Å². The van der Waals surface area contributed by atoms with Crippen LogP contribution >= 0.6 is 34.8 Å². The second kappa shape index (κ2) is 5.87. The van der Waals surface area contributed by atoms with Gasteiger partial charge >= 0.3 is 5.97 Å². The number of carbonyl (C=O) groups is 1. The highest BCUT2D eigenvalue weighted by atomic mass is 35.5. The van der Waals surface area contributed by atoms with Crippen molar-refractivity contribution < 1.29 is 9.90 Å². The fraction of sp³-hybridized carbons (Fsp3) is 0.0769. The molecule has 7 heteroatoms. The fourth-order valence-electron chi connectivity index (χ4n) is 1.69. The number of anilines is 1. The van der Waals surface area contributed by atoms with Crippen LogP contribution in [0.25, 0.3) is 11.3 Å². The average molecular weight is 332 g/mol. The molecule has 1 aromatic carbocycles. The maximum absolute atomic E-state index is 10.8. The van der Waals surface area contributed by atoms with Crippen LogP contribution in [-0.4, -0.2) is 16.1 Å². The van der Waals surface area contributed by atoms with Crippen LogP contribution in [0.5, 0.6) is 0 Å². The largest absolute Gasteiger partial charge is 0.481 e. The predicted octanol–water partition coefficient (Wildman–Crippen LogP) is 3.92. The summed E-state index contributed by atoms with van der Waals surface area (Å²) in [5.74, 6) is -1.02. The van der Waals surface area contributed by atoms with Gasteiger partial charge in [0.05, 0.1) is 33.5 Å². The molecule has 0 aliphatic rings. The maximum Gasteiger partial charge on any atom is 0.309 e. The first-order valence-electron chi connectivity index (χ1n) is 5.50. The average Bonchev–Trinajstić information content (AvgIpc) is 2.36. The van der Waals surface area contributed by atoms with Gasteiger partial charge < -0.3 is 10.8 Å². The molecule has 0 aliphatic carbocycles. The smallest absolute Gasteiger partial charge is 0.309 e. The van der Waals surface area contributed by atoms with Crippen molar-refractivity contribution in [3.63, 3.8) is 0 Å². The van der Waals surface area contributed by atoms with Crippen LogP contribution in [0, 0.1) is 0 Å². The van der Waals surface area contributed by atoms with Gasteiger partial charge in [-0.25, -0.2) is 0 Å². The second-order valence-electron chi connectivity index (χ2n) is 4.05. The maximum atomic E-state index is 10.8.